The number of rotatable bonds is 6. The van der Waals surface area contributed by atoms with Crippen molar-refractivity contribution in [3.05, 3.63) is 58.1 Å². The third-order valence-electron chi connectivity index (χ3n) is 3.98. The molecule has 138 valence electrons. The number of hydrogen-bond acceptors (Lipinski definition) is 6. The van der Waals surface area contributed by atoms with Gasteiger partial charge >= 0.3 is 5.97 Å². The molecule has 0 spiro atoms. The van der Waals surface area contributed by atoms with E-state index >= 15 is 0 Å². The largest absolute Gasteiger partial charge is 0.493 e. The number of nitrogens with zero attached hydrogens (tertiary/aromatic N) is 2. The number of aromatic carboxylic acids is 1. The number of carboxylic acid groups (broad SMARTS) is 1. The number of ether oxygens (including phenoxy) is 2. The van der Waals surface area contributed by atoms with E-state index in [1.165, 1.54) is 31.4 Å². The van der Waals surface area contributed by atoms with Crippen LogP contribution >= 0.6 is 0 Å². The summed E-state index contributed by atoms with van der Waals surface area (Å²) in [5, 5.41) is 21.0. The number of methoxy groups -OCH3 is 1. The van der Waals surface area contributed by atoms with Gasteiger partial charge in [0, 0.05) is 29.1 Å². The molecule has 0 atom stereocenters. The molecule has 0 radical (unpaired) electrons. The second kappa shape index (κ2) is 7.28. The van der Waals surface area contributed by atoms with Gasteiger partial charge in [0.2, 0.25) is 0 Å². The fraction of sp³-hybridized carbons (Fsp3) is 0.158. The maximum atomic E-state index is 11.8. The highest BCUT2D eigenvalue weighted by atomic mass is 16.6. The van der Waals surface area contributed by atoms with Gasteiger partial charge in [0.15, 0.2) is 11.5 Å². The average molecular weight is 368 g/mol. The Morgan fingerprint density at radius 2 is 2.00 bits per heavy atom. The first-order chi connectivity index (χ1) is 12.9. The molecule has 1 aromatic heterocycles. The van der Waals surface area contributed by atoms with Crippen molar-refractivity contribution in [1.29, 1.82) is 0 Å². The van der Waals surface area contributed by atoms with Gasteiger partial charge in [-0.3, -0.25) is 10.1 Å². The average Bonchev–Trinajstić information content (AvgIpc) is 2.66. The van der Waals surface area contributed by atoms with E-state index in [4.69, 9.17) is 9.47 Å². The molecule has 0 fully saturated rings. The Morgan fingerprint density at radius 3 is 2.63 bits per heavy atom. The molecule has 0 saturated carbocycles. The van der Waals surface area contributed by atoms with E-state index < -0.39 is 10.9 Å². The van der Waals surface area contributed by atoms with Crippen molar-refractivity contribution in [2.75, 3.05) is 13.7 Å². The minimum atomic E-state index is -1.14. The first-order valence-electron chi connectivity index (χ1n) is 8.08. The number of aromatic nitrogens is 1. The Labute approximate surface area is 154 Å². The monoisotopic (exact) mass is 368 g/mol. The molecule has 1 N–H and O–H groups in total. The van der Waals surface area contributed by atoms with Gasteiger partial charge < -0.3 is 14.6 Å². The molecule has 0 unspecified atom stereocenters. The molecule has 0 amide bonds. The first-order valence-corrected chi connectivity index (χ1v) is 8.08. The number of pyridine rings is 1. The lowest BCUT2D eigenvalue weighted by Gasteiger charge is -2.13. The maximum Gasteiger partial charge on any atom is 0.336 e. The minimum Gasteiger partial charge on any atom is -0.493 e. The number of fused-ring (bicyclic) bond motifs is 1. The zero-order valence-corrected chi connectivity index (χ0v) is 14.6. The van der Waals surface area contributed by atoms with Crippen LogP contribution in [0.5, 0.6) is 11.5 Å². The van der Waals surface area contributed by atoms with Crippen LogP contribution in [0.3, 0.4) is 0 Å². The van der Waals surface area contributed by atoms with E-state index in [1.807, 2.05) is 6.92 Å². The summed E-state index contributed by atoms with van der Waals surface area (Å²) in [4.78, 5) is 26.8. The van der Waals surface area contributed by atoms with Gasteiger partial charge in [-0.1, -0.05) is 12.1 Å². The van der Waals surface area contributed by atoms with Gasteiger partial charge in [0.1, 0.15) is 0 Å². The molecule has 3 aromatic rings. The Kier molecular flexibility index (Phi) is 4.89. The number of non-ortho nitro benzene ring substituents is 1. The molecule has 0 aliphatic carbocycles. The second-order valence-corrected chi connectivity index (χ2v) is 5.62. The lowest BCUT2D eigenvalue weighted by molar-refractivity contribution is -0.384. The van der Waals surface area contributed by atoms with Gasteiger partial charge in [0.25, 0.3) is 5.69 Å². The third-order valence-corrected chi connectivity index (χ3v) is 3.98. The molecule has 2 aromatic carbocycles. The fourth-order valence-electron chi connectivity index (χ4n) is 2.77. The SMILES string of the molecule is CCOc1cc2c(C(=O)O)cc(-c3cccc([N+](=O)[O-])c3)nc2cc1OC. The van der Waals surface area contributed by atoms with E-state index in [0.717, 1.165) is 0 Å². The van der Waals surface area contributed by atoms with Crippen LogP contribution in [0.1, 0.15) is 17.3 Å². The molecule has 0 saturated heterocycles. The van der Waals surface area contributed by atoms with Crippen LogP contribution in [0, 0.1) is 10.1 Å². The zero-order chi connectivity index (χ0) is 19.6. The molecule has 8 nitrogen and oxygen atoms in total. The molecule has 3 rings (SSSR count). The zero-order valence-electron chi connectivity index (χ0n) is 14.6. The molecule has 0 aliphatic rings. The summed E-state index contributed by atoms with van der Waals surface area (Å²) in [6.45, 7) is 2.20. The molecule has 1 heterocycles. The summed E-state index contributed by atoms with van der Waals surface area (Å²) < 4.78 is 10.8. The van der Waals surface area contributed by atoms with Gasteiger partial charge in [-0.15, -0.1) is 0 Å². The molecule has 8 heteroatoms. The quantitative estimate of drug-likeness (QED) is 0.518. The fourth-order valence-corrected chi connectivity index (χ4v) is 2.77. The van der Waals surface area contributed by atoms with Gasteiger partial charge in [-0.05, 0) is 19.1 Å². The van der Waals surface area contributed by atoms with E-state index in [1.54, 1.807) is 18.2 Å². The van der Waals surface area contributed by atoms with Crippen LogP contribution in [0.4, 0.5) is 5.69 Å². The number of carboxylic acids is 1. The topological polar surface area (TPSA) is 112 Å². The lowest BCUT2D eigenvalue weighted by Crippen LogP contribution is -2.02. The molecule has 27 heavy (non-hydrogen) atoms. The summed E-state index contributed by atoms with van der Waals surface area (Å²) in [5.41, 5.74) is 1.06. The van der Waals surface area contributed by atoms with Crippen LogP contribution in [0.15, 0.2) is 42.5 Å². The number of nitro benzene ring substituents is 1. The number of nitro groups is 1. The van der Waals surface area contributed by atoms with Gasteiger partial charge in [-0.2, -0.15) is 0 Å². The van der Waals surface area contributed by atoms with Crippen LogP contribution in [0.25, 0.3) is 22.2 Å². The molecule has 0 bridgehead atoms. The third kappa shape index (κ3) is 3.50. The van der Waals surface area contributed by atoms with Crippen LogP contribution in [-0.2, 0) is 0 Å². The standard InChI is InChI=1S/C19H16N2O6/c1-3-27-18-9-13-14(19(22)23)8-15(20-16(13)10-17(18)26-2)11-5-4-6-12(7-11)21(24)25/h4-10H,3H2,1-2H3,(H,22,23). The summed E-state index contributed by atoms with van der Waals surface area (Å²) in [6.07, 6.45) is 0. The Balaban J connectivity index is 2.27. The molecular weight excluding hydrogens is 352 g/mol. The number of benzene rings is 2. The van der Waals surface area contributed by atoms with Crippen LogP contribution in [0.2, 0.25) is 0 Å². The predicted octanol–water partition coefficient (Wildman–Crippen LogP) is 3.92. The summed E-state index contributed by atoms with van der Waals surface area (Å²) in [6, 6.07) is 10.4. The Hall–Kier alpha value is -3.68. The van der Waals surface area contributed by atoms with Gasteiger partial charge in [0.05, 0.1) is 35.4 Å². The number of carbonyl (C=O) groups is 1. The molecular formula is C19H16N2O6. The number of hydrogen-bond donors (Lipinski definition) is 1. The van der Waals surface area contributed by atoms with E-state index in [0.29, 0.717) is 40.3 Å². The van der Waals surface area contributed by atoms with Crippen molar-refractivity contribution >= 4 is 22.6 Å². The van der Waals surface area contributed by atoms with E-state index in [2.05, 4.69) is 4.98 Å². The summed E-state index contributed by atoms with van der Waals surface area (Å²) in [7, 11) is 1.48. The highest BCUT2D eigenvalue weighted by Crippen LogP contribution is 2.35. The Morgan fingerprint density at radius 1 is 1.22 bits per heavy atom. The minimum absolute atomic E-state index is 0.0186. The van der Waals surface area contributed by atoms with Crippen molar-refractivity contribution in [1.82, 2.24) is 4.98 Å². The van der Waals surface area contributed by atoms with Crippen molar-refractivity contribution in [2.24, 2.45) is 0 Å². The molecule has 0 aliphatic heterocycles. The highest BCUT2D eigenvalue weighted by molar-refractivity contribution is 6.04. The van der Waals surface area contributed by atoms with Crippen molar-refractivity contribution < 1.29 is 24.3 Å². The first kappa shape index (κ1) is 18.1. The van der Waals surface area contributed by atoms with E-state index in [-0.39, 0.29) is 11.3 Å². The highest BCUT2D eigenvalue weighted by Gasteiger charge is 2.17. The van der Waals surface area contributed by atoms with Gasteiger partial charge in [-0.25, -0.2) is 9.78 Å². The van der Waals surface area contributed by atoms with Crippen LogP contribution < -0.4 is 9.47 Å². The van der Waals surface area contributed by atoms with Crippen LogP contribution in [-0.4, -0.2) is 34.7 Å². The summed E-state index contributed by atoms with van der Waals surface area (Å²) in [5.74, 6) is -0.300. The van der Waals surface area contributed by atoms with Crippen molar-refractivity contribution in [3.8, 4) is 22.8 Å². The smallest absolute Gasteiger partial charge is 0.336 e. The lowest BCUT2D eigenvalue weighted by atomic mass is 10.0. The van der Waals surface area contributed by atoms with Crippen molar-refractivity contribution in [3.63, 3.8) is 0 Å². The second-order valence-electron chi connectivity index (χ2n) is 5.62. The predicted molar refractivity (Wildman–Crippen MR) is 98.5 cm³/mol. The van der Waals surface area contributed by atoms with E-state index in [9.17, 15) is 20.0 Å². The summed E-state index contributed by atoms with van der Waals surface area (Å²) >= 11 is 0. The van der Waals surface area contributed by atoms with Crippen molar-refractivity contribution in [2.45, 2.75) is 6.92 Å². The Bertz CT molecular complexity index is 1050. The normalized spacial score (nSPS) is 10.6. The maximum absolute atomic E-state index is 11.8.